The molecule has 4 rings (SSSR count). The quantitative estimate of drug-likeness (QED) is 0.389. The Labute approximate surface area is 217 Å². The lowest BCUT2D eigenvalue weighted by Crippen LogP contribution is -2.32. The van der Waals surface area contributed by atoms with Crippen molar-refractivity contribution in [2.24, 2.45) is 5.92 Å². The number of sulfonamides is 1. The Morgan fingerprint density at radius 1 is 1.08 bits per heavy atom. The van der Waals surface area contributed by atoms with Gasteiger partial charge >= 0.3 is 5.97 Å². The third-order valence-electron chi connectivity index (χ3n) is 6.72. The summed E-state index contributed by atoms with van der Waals surface area (Å²) in [6.07, 6.45) is 5.62. The van der Waals surface area contributed by atoms with Crippen LogP contribution < -0.4 is 10.0 Å². The van der Waals surface area contributed by atoms with Crippen LogP contribution in [-0.2, 0) is 24.8 Å². The number of ether oxygens (including phenoxy) is 1. The molecule has 0 amide bonds. The van der Waals surface area contributed by atoms with Crippen molar-refractivity contribution in [2.45, 2.75) is 50.5 Å². The van der Waals surface area contributed by atoms with E-state index >= 15 is 0 Å². The molecule has 2 aromatic heterocycles. The van der Waals surface area contributed by atoms with Crippen molar-refractivity contribution >= 4 is 42.7 Å². The van der Waals surface area contributed by atoms with Crippen LogP contribution in [0.4, 0.5) is 5.69 Å². The molecule has 1 aliphatic carbocycles. The second-order valence-electron chi connectivity index (χ2n) is 9.28. The molecule has 0 radical (unpaired) electrons. The summed E-state index contributed by atoms with van der Waals surface area (Å²) >= 11 is 0. The maximum Gasteiger partial charge on any atom is 0.341 e. The Morgan fingerprint density at radius 3 is 2.38 bits per heavy atom. The lowest BCUT2D eigenvalue weighted by atomic mass is 9.87. The molecule has 2 heterocycles. The minimum Gasteiger partial charge on any atom is -0.462 e. The fourth-order valence-electron chi connectivity index (χ4n) is 4.67. The Kier molecular flexibility index (Phi) is 7.91. The SMILES string of the molecule is CCOC(=O)c1cnc2c(ccn2S(=O)(=O)c2ccc(C)cc2)c1NC1CCC(CS(=O)(=O)NC)CC1. The molecule has 1 aliphatic rings. The molecule has 1 aromatic carbocycles. The molecule has 0 atom stereocenters. The number of carbonyl (C=O) groups is 1. The van der Waals surface area contributed by atoms with Crippen molar-refractivity contribution in [3.8, 4) is 0 Å². The monoisotopic (exact) mass is 548 g/mol. The van der Waals surface area contributed by atoms with Gasteiger partial charge in [-0.05, 0) is 70.7 Å². The first-order chi connectivity index (χ1) is 17.6. The van der Waals surface area contributed by atoms with E-state index in [1.807, 2.05) is 6.92 Å². The van der Waals surface area contributed by atoms with Crippen molar-refractivity contribution in [2.75, 3.05) is 24.7 Å². The summed E-state index contributed by atoms with van der Waals surface area (Å²) < 4.78 is 59.3. The van der Waals surface area contributed by atoms with E-state index in [1.165, 1.54) is 19.4 Å². The highest BCUT2D eigenvalue weighted by molar-refractivity contribution is 7.90. The van der Waals surface area contributed by atoms with Crippen molar-refractivity contribution < 1.29 is 26.4 Å². The Bertz CT molecular complexity index is 1490. The van der Waals surface area contributed by atoms with E-state index in [0.717, 1.165) is 9.54 Å². The van der Waals surface area contributed by atoms with Crippen LogP contribution in [0.1, 0.15) is 48.5 Å². The van der Waals surface area contributed by atoms with Gasteiger partial charge in [-0.2, -0.15) is 0 Å². The topological polar surface area (TPSA) is 136 Å². The van der Waals surface area contributed by atoms with Gasteiger partial charge < -0.3 is 10.1 Å². The largest absolute Gasteiger partial charge is 0.462 e. The van der Waals surface area contributed by atoms with Crippen molar-refractivity contribution in [3.05, 3.63) is 53.9 Å². The van der Waals surface area contributed by atoms with Crippen LogP contribution in [-0.4, -0.2) is 57.2 Å². The van der Waals surface area contributed by atoms with Crippen molar-refractivity contribution in [1.29, 1.82) is 0 Å². The predicted molar refractivity (Wildman–Crippen MR) is 142 cm³/mol. The summed E-state index contributed by atoms with van der Waals surface area (Å²) in [6.45, 7) is 3.78. The van der Waals surface area contributed by atoms with Gasteiger partial charge in [-0.1, -0.05) is 17.7 Å². The van der Waals surface area contributed by atoms with Crippen LogP contribution in [0.25, 0.3) is 11.0 Å². The molecule has 2 N–H and O–H groups in total. The Hall–Kier alpha value is -2.96. The molecular weight excluding hydrogens is 516 g/mol. The van der Waals surface area contributed by atoms with Gasteiger partial charge in [0, 0.05) is 23.8 Å². The molecule has 0 saturated heterocycles. The van der Waals surface area contributed by atoms with E-state index in [1.54, 1.807) is 37.3 Å². The molecule has 0 bridgehead atoms. The highest BCUT2D eigenvalue weighted by atomic mass is 32.2. The lowest BCUT2D eigenvalue weighted by molar-refractivity contribution is 0.0527. The summed E-state index contributed by atoms with van der Waals surface area (Å²) in [6, 6.07) is 8.17. The van der Waals surface area contributed by atoms with Crippen LogP contribution in [0, 0.1) is 12.8 Å². The normalized spacial score (nSPS) is 18.6. The highest BCUT2D eigenvalue weighted by Gasteiger charge is 2.28. The number of anilines is 1. The van der Waals surface area contributed by atoms with Gasteiger partial charge in [0.2, 0.25) is 10.0 Å². The van der Waals surface area contributed by atoms with Gasteiger partial charge in [0.15, 0.2) is 5.65 Å². The van der Waals surface area contributed by atoms with Crippen LogP contribution in [0.15, 0.2) is 47.6 Å². The Balaban J connectivity index is 1.67. The molecule has 10 nitrogen and oxygen atoms in total. The summed E-state index contributed by atoms with van der Waals surface area (Å²) in [5.41, 5.74) is 1.83. The zero-order valence-corrected chi connectivity index (χ0v) is 22.7. The summed E-state index contributed by atoms with van der Waals surface area (Å²) in [4.78, 5) is 17.2. The number of hydrogen-bond donors (Lipinski definition) is 2. The molecule has 200 valence electrons. The number of rotatable bonds is 9. The van der Waals surface area contributed by atoms with E-state index in [4.69, 9.17) is 4.74 Å². The van der Waals surface area contributed by atoms with E-state index in [-0.39, 0.29) is 40.4 Å². The third-order valence-corrected chi connectivity index (χ3v) is 9.93. The summed E-state index contributed by atoms with van der Waals surface area (Å²) in [5, 5.41) is 3.91. The first kappa shape index (κ1) is 27.1. The van der Waals surface area contributed by atoms with E-state index in [9.17, 15) is 21.6 Å². The second-order valence-corrected chi connectivity index (χ2v) is 13.1. The van der Waals surface area contributed by atoms with Gasteiger partial charge in [-0.25, -0.2) is 35.3 Å². The molecule has 0 unspecified atom stereocenters. The first-order valence-electron chi connectivity index (χ1n) is 12.2. The first-order valence-corrected chi connectivity index (χ1v) is 15.3. The third kappa shape index (κ3) is 5.81. The maximum atomic E-state index is 13.4. The van der Waals surface area contributed by atoms with Gasteiger partial charge in [0.05, 0.1) is 22.9 Å². The molecule has 12 heteroatoms. The fourth-order valence-corrected chi connectivity index (χ4v) is 7.09. The number of esters is 1. The molecule has 1 fully saturated rings. The zero-order chi connectivity index (χ0) is 26.8. The van der Waals surface area contributed by atoms with Crippen molar-refractivity contribution in [1.82, 2.24) is 13.7 Å². The Morgan fingerprint density at radius 2 is 1.76 bits per heavy atom. The standard InChI is InChI=1S/C25H32N4O6S2/c1-4-35-25(30)22-15-27-24-21(13-14-29(24)37(33,34)20-11-5-17(2)6-12-20)23(22)28-19-9-7-18(8-10-19)16-36(31,32)26-3/h5-6,11-15,18-19,26H,4,7-10,16H2,1-3H3,(H,27,28). The number of hydrogen-bond acceptors (Lipinski definition) is 8. The fraction of sp³-hybridized carbons (Fsp3) is 0.440. The summed E-state index contributed by atoms with van der Waals surface area (Å²) in [7, 11) is -5.78. The van der Waals surface area contributed by atoms with E-state index in [2.05, 4.69) is 15.0 Å². The number of aryl methyl sites for hydroxylation is 1. The minimum absolute atomic E-state index is 0.0237. The smallest absolute Gasteiger partial charge is 0.341 e. The molecular formula is C25H32N4O6S2. The van der Waals surface area contributed by atoms with E-state index in [0.29, 0.717) is 36.8 Å². The number of fused-ring (bicyclic) bond motifs is 1. The number of aromatic nitrogens is 2. The minimum atomic E-state index is -3.91. The van der Waals surface area contributed by atoms with Crippen LogP contribution in [0.2, 0.25) is 0 Å². The van der Waals surface area contributed by atoms with Gasteiger partial charge in [0.1, 0.15) is 5.56 Å². The lowest BCUT2D eigenvalue weighted by Gasteiger charge is -2.30. The average molecular weight is 549 g/mol. The molecule has 37 heavy (non-hydrogen) atoms. The highest BCUT2D eigenvalue weighted by Crippen LogP contribution is 2.34. The molecule has 3 aromatic rings. The van der Waals surface area contributed by atoms with Crippen molar-refractivity contribution in [3.63, 3.8) is 0 Å². The predicted octanol–water partition coefficient (Wildman–Crippen LogP) is 3.28. The maximum absolute atomic E-state index is 13.4. The van der Waals surface area contributed by atoms with Crippen LogP contribution in [0.5, 0.6) is 0 Å². The molecule has 0 spiro atoms. The number of nitrogens with zero attached hydrogens (tertiary/aromatic N) is 2. The number of carbonyl (C=O) groups excluding carboxylic acids is 1. The van der Waals surface area contributed by atoms with Gasteiger partial charge in [-0.3, -0.25) is 0 Å². The number of benzene rings is 1. The average Bonchev–Trinajstić information content (AvgIpc) is 3.31. The number of pyridine rings is 1. The van der Waals surface area contributed by atoms with Crippen LogP contribution in [0.3, 0.4) is 0 Å². The number of nitrogens with one attached hydrogen (secondary N) is 2. The van der Waals surface area contributed by atoms with Gasteiger partial charge in [-0.15, -0.1) is 0 Å². The van der Waals surface area contributed by atoms with E-state index < -0.39 is 26.0 Å². The zero-order valence-electron chi connectivity index (χ0n) is 21.1. The molecule has 0 aliphatic heterocycles. The van der Waals surface area contributed by atoms with Crippen LogP contribution >= 0.6 is 0 Å². The summed E-state index contributed by atoms with van der Waals surface area (Å²) in [5.74, 6) is -0.413. The van der Waals surface area contributed by atoms with Gasteiger partial charge in [0.25, 0.3) is 10.0 Å². The second kappa shape index (κ2) is 10.8. The molecule has 1 saturated carbocycles.